The van der Waals surface area contributed by atoms with E-state index in [2.05, 4.69) is 15.1 Å². The van der Waals surface area contributed by atoms with Crippen molar-refractivity contribution in [3.63, 3.8) is 0 Å². The third kappa shape index (κ3) is 5.71. The van der Waals surface area contributed by atoms with Gasteiger partial charge in [0.05, 0.1) is 13.7 Å². The van der Waals surface area contributed by atoms with Gasteiger partial charge in [-0.3, -0.25) is 9.48 Å². The van der Waals surface area contributed by atoms with Crippen molar-refractivity contribution >= 4 is 15.9 Å². The lowest BCUT2D eigenvalue weighted by atomic mass is 10.1. The predicted octanol–water partition coefficient (Wildman–Crippen LogP) is 2.56. The summed E-state index contributed by atoms with van der Waals surface area (Å²) in [5, 5.41) is 7.09. The molecule has 2 N–H and O–H groups in total. The Kier molecular flexibility index (Phi) is 7.09. The molecular weight excluding hydrogens is 416 g/mol. The summed E-state index contributed by atoms with van der Waals surface area (Å²) in [5.41, 5.74) is 2.22. The van der Waals surface area contributed by atoms with Crippen LogP contribution in [-0.4, -0.2) is 37.3 Å². The molecule has 0 saturated heterocycles. The number of nitrogens with zero attached hydrogens (tertiary/aromatic N) is 2. The number of methoxy groups -OCH3 is 1. The van der Waals surface area contributed by atoms with Crippen LogP contribution in [0.1, 0.15) is 35.3 Å². The van der Waals surface area contributed by atoms with Crippen LogP contribution in [0.3, 0.4) is 0 Å². The van der Waals surface area contributed by atoms with E-state index in [0.29, 0.717) is 13.1 Å². The van der Waals surface area contributed by atoms with Crippen LogP contribution < -0.4 is 14.8 Å². The Labute approximate surface area is 182 Å². The SMILES string of the molecule is COc1ccc(C(=O)NCc2ccccc2Cn2cccn2)cc1S(=O)(=O)NC(C)C. The molecular formula is C22H26N4O4S. The second kappa shape index (κ2) is 9.76. The van der Waals surface area contributed by atoms with Crippen molar-refractivity contribution < 1.29 is 17.9 Å². The Morgan fingerprint density at radius 3 is 2.52 bits per heavy atom. The number of benzene rings is 2. The first kappa shape index (κ1) is 22.5. The molecule has 3 rings (SSSR count). The molecule has 0 spiro atoms. The Balaban J connectivity index is 1.78. The molecule has 0 fully saturated rings. The first-order valence-corrected chi connectivity index (χ1v) is 11.3. The number of hydrogen-bond acceptors (Lipinski definition) is 5. The van der Waals surface area contributed by atoms with Gasteiger partial charge in [0.1, 0.15) is 10.6 Å². The van der Waals surface area contributed by atoms with Gasteiger partial charge in [-0.15, -0.1) is 0 Å². The molecule has 0 unspecified atom stereocenters. The third-order valence-electron chi connectivity index (χ3n) is 4.56. The molecule has 1 heterocycles. The summed E-state index contributed by atoms with van der Waals surface area (Å²) < 4.78 is 34.8. The Hall–Kier alpha value is -3.17. The number of amides is 1. The summed E-state index contributed by atoms with van der Waals surface area (Å²) in [6.07, 6.45) is 3.59. The van der Waals surface area contributed by atoms with Crippen molar-refractivity contribution in [1.82, 2.24) is 19.8 Å². The molecule has 0 bridgehead atoms. The summed E-state index contributed by atoms with van der Waals surface area (Å²) in [6, 6.07) is 13.7. The van der Waals surface area contributed by atoms with Gasteiger partial charge in [0.25, 0.3) is 5.91 Å². The molecule has 0 aliphatic rings. The van der Waals surface area contributed by atoms with Crippen LogP contribution in [0.25, 0.3) is 0 Å². The summed E-state index contributed by atoms with van der Waals surface area (Å²) in [4.78, 5) is 12.7. The molecule has 0 aliphatic heterocycles. The van der Waals surface area contributed by atoms with E-state index in [1.807, 2.05) is 41.2 Å². The number of hydrogen-bond donors (Lipinski definition) is 2. The fraction of sp³-hybridized carbons (Fsp3) is 0.273. The minimum atomic E-state index is -3.83. The zero-order chi connectivity index (χ0) is 22.4. The van der Waals surface area contributed by atoms with E-state index >= 15 is 0 Å². The fourth-order valence-corrected chi connectivity index (χ4v) is 4.58. The van der Waals surface area contributed by atoms with Gasteiger partial charge in [-0.1, -0.05) is 24.3 Å². The standard InChI is InChI=1S/C22H26N4O4S/c1-16(2)25-31(28,29)21-13-17(9-10-20(21)30-3)22(27)23-14-18-7-4-5-8-19(18)15-26-12-6-11-24-26/h4-13,16,25H,14-15H2,1-3H3,(H,23,27). The van der Waals surface area contributed by atoms with E-state index in [1.165, 1.54) is 25.3 Å². The van der Waals surface area contributed by atoms with Crippen LogP contribution in [0.4, 0.5) is 0 Å². The largest absolute Gasteiger partial charge is 0.495 e. The monoisotopic (exact) mass is 442 g/mol. The number of carbonyl (C=O) groups is 1. The fourth-order valence-electron chi connectivity index (χ4n) is 3.13. The van der Waals surface area contributed by atoms with Gasteiger partial charge in [-0.2, -0.15) is 5.10 Å². The number of ether oxygens (including phenoxy) is 1. The molecule has 164 valence electrons. The second-order valence-corrected chi connectivity index (χ2v) is 8.98. The van der Waals surface area contributed by atoms with E-state index in [1.54, 1.807) is 20.0 Å². The Morgan fingerprint density at radius 2 is 1.87 bits per heavy atom. The van der Waals surface area contributed by atoms with Crippen molar-refractivity contribution in [2.45, 2.75) is 37.9 Å². The van der Waals surface area contributed by atoms with Gasteiger partial charge in [-0.05, 0) is 49.2 Å². The minimum Gasteiger partial charge on any atom is -0.495 e. The number of carbonyl (C=O) groups excluding carboxylic acids is 1. The first-order valence-electron chi connectivity index (χ1n) is 9.83. The van der Waals surface area contributed by atoms with Crippen molar-refractivity contribution in [2.24, 2.45) is 0 Å². The molecule has 0 atom stereocenters. The number of nitrogens with one attached hydrogen (secondary N) is 2. The van der Waals surface area contributed by atoms with Crippen LogP contribution in [-0.2, 0) is 23.1 Å². The molecule has 31 heavy (non-hydrogen) atoms. The molecule has 0 saturated carbocycles. The first-order chi connectivity index (χ1) is 14.8. The average Bonchev–Trinajstić information content (AvgIpc) is 3.24. The van der Waals surface area contributed by atoms with Gasteiger partial charge in [-0.25, -0.2) is 13.1 Å². The second-order valence-electron chi connectivity index (χ2n) is 7.30. The molecule has 0 radical (unpaired) electrons. The van der Waals surface area contributed by atoms with Crippen molar-refractivity contribution in [3.8, 4) is 5.75 Å². The highest BCUT2D eigenvalue weighted by Gasteiger charge is 2.22. The zero-order valence-corrected chi connectivity index (χ0v) is 18.5. The van der Waals surface area contributed by atoms with Gasteiger partial charge in [0, 0.05) is 30.5 Å². The summed E-state index contributed by atoms with van der Waals surface area (Å²) in [5.74, 6) is -0.202. The molecule has 1 aromatic heterocycles. The summed E-state index contributed by atoms with van der Waals surface area (Å²) in [6.45, 7) is 4.34. The lowest BCUT2D eigenvalue weighted by molar-refractivity contribution is 0.0950. The molecule has 8 nitrogen and oxygen atoms in total. The normalized spacial score (nSPS) is 11.5. The van der Waals surface area contributed by atoms with Crippen molar-refractivity contribution in [1.29, 1.82) is 0 Å². The number of aromatic nitrogens is 2. The van der Waals surface area contributed by atoms with Crippen LogP contribution in [0.2, 0.25) is 0 Å². The van der Waals surface area contributed by atoms with Crippen molar-refractivity contribution in [2.75, 3.05) is 7.11 Å². The van der Waals surface area contributed by atoms with Crippen LogP contribution in [0.15, 0.2) is 65.8 Å². The predicted molar refractivity (Wildman–Crippen MR) is 117 cm³/mol. The van der Waals surface area contributed by atoms with Gasteiger partial charge >= 0.3 is 0 Å². The number of rotatable bonds is 9. The molecule has 0 aliphatic carbocycles. The van der Waals surface area contributed by atoms with Gasteiger partial charge in [0.2, 0.25) is 10.0 Å². The third-order valence-corrected chi connectivity index (χ3v) is 6.24. The maximum absolute atomic E-state index is 12.8. The summed E-state index contributed by atoms with van der Waals surface area (Å²) in [7, 11) is -2.44. The van der Waals surface area contributed by atoms with E-state index in [9.17, 15) is 13.2 Å². The minimum absolute atomic E-state index is 0.0737. The smallest absolute Gasteiger partial charge is 0.251 e. The van der Waals surface area contributed by atoms with Gasteiger partial charge < -0.3 is 10.1 Å². The van der Waals surface area contributed by atoms with Crippen LogP contribution in [0, 0.1) is 0 Å². The molecule has 2 aromatic carbocycles. The highest BCUT2D eigenvalue weighted by Crippen LogP contribution is 2.25. The lowest BCUT2D eigenvalue weighted by Crippen LogP contribution is -2.31. The Morgan fingerprint density at radius 1 is 1.13 bits per heavy atom. The molecule has 1 amide bonds. The average molecular weight is 443 g/mol. The van der Waals surface area contributed by atoms with E-state index in [4.69, 9.17) is 4.74 Å². The molecule has 9 heteroatoms. The van der Waals surface area contributed by atoms with E-state index in [0.717, 1.165) is 11.1 Å². The van der Waals surface area contributed by atoms with Crippen LogP contribution >= 0.6 is 0 Å². The van der Waals surface area contributed by atoms with E-state index < -0.39 is 10.0 Å². The highest BCUT2D eigenvalue weighted by atomic mass is 32.2. The van der Waals surface area contributed by atoms with Crippen molar-refractivity contribution in [3.05, 3.63) is 77.6 Å². The van der Waals surface area contributed by atoms with Gasteiger partial charge in [0.15, 0.2) is 0 Å². The lowest BCUT2D eigenvalue weighted by Gasteiger charge is -2.15. The highest BCUT2D eigenvalue weighted by molar-refractivity contribution is 7.89. The Bertz CT molecular complexity index is 1140. The van der Waals surface area contributed by atoms with Crippen LogP contribution in [0.5, 0.6) is 5.75 Å². The maximum atomic E-state index is 12.8. The quantitative estimate of drug-likeness (QED) is 0.530. The van der Waals surface area contributed by atoms with E-state index in [-0.39, 0.29) is 28.2 Å². The zero-order valence-electron chi connectivity index (χ0n) is 17.7. The summed E-state index contributed by atoms with van der Waals surface area (Å²) >= 11 is 0. The molecule has 3 aromatic rings. The topological polar surface area (TPSA) is 102 Å². The maximum Gasteiger partial charge on any atom is 0.251 e. The number of sulfonamides is 1.